The van der Waals surface area contributed by atoms with E-state index in [2.05, 4.69) is 59.0 Å². The van der Waals surface area contributed by atoms with Crippen LogP contribution in [0.25, 0.3) is 5.70 Å². The molecule has 38 heavy (non-hydrogen) atoms. The molecular weight excluding hydrogens is 476 g/mol. The highest BCUT2D eigenvalue weighted by Crippen LogP contribution is 2.27. The second-order valence-electron chi connectivity index (χ2n) is 10.1. The number of likely N-dealkylation sites (tertiary alicyclic amines) is 1. The summed E-state index contributed by atoms with van der Waals surface area (Å²) in [5.41, 5.74) is 9.63. The molecule has 2 rings (SSSR count). The van der Waals surface area contributed by atoms with E-state index < -0.39 is 0 Å². The number of aryl methyl sites for hydroxylation is 1. The second kappa shape index (κ2) is 15.4. The molecule has 1 aliphatic rings. The van der Waals surface area contributed by atoms with Gasteiger partial charge in [-0.15, -0.1) is 0 Å². The van der Waals surface area contributed by atoms with Gasteiger partial charge >= 0.3 is 0 Å². The Kier molecular flexibility index (Phi) is 12.7. The standard InChI is InChI=1S/C30H50N6O2/c1-8-18-36(24(10-3)13-15-27-30(38)34-28(21(5)32-7)29(31)33-27)25-16-19-35(20-17-25)22(6)23(9-2)12-14-26(37)11-4/h12,14,24-25,32,37H,5-6,8-11,13,15-20H2,1-4,7H3,(H2,31,33)(H,34,38)/b23-12+,26-14+. The summed E-state index contributed by atoms with van der Waals surface area (Å²) in [4.78, 5) is 25.0. The fraction of sp³-hybridized carbons (Fsp3) is 0.600. The number of piperidine rings is 1. The maximum Gasteiger partial charge on any atom is 0.270 e. The zero-order chi connectivity index (χ0) is 28.2. The second-order valence-corrected chi connectivity index (χ2v) is 10.1. The number of nitrogens with zero attached hydrogens (tertiary/aromatic N) is 3. The topological polar surface area (TPSA) is 111 Å². The van der Waals surface area contributed by atoms with Crippen LogP contribution in [0.3, 0.4) is 0 Å². The predicted octanol–water partition coefficient (Wildman–Crippen LogP) is 5.13. The van der Waals surface area contributed by atoms with Gasteiger partial charge in [-0.1, -0.05) is 46.9 Å². The zero-order valence-electron chi connectivity index (χ0n) is 24.3. The summed E-state index contributed by atoms with van der Waals surface area (Å²) >= 11 is 0. The third-order valence-corrected chi connectivity index (χ3v) is 7.66. The van der Waals surface area contributed by atoms with Crippen LogP contribution in [0.4, 0.5) is 5.82 Å². The molecule has 1 unspecified atom stereocenters. The Labute approximate surface area is 229 Å². The van der Waals surface area contributed by atoms with Gasteiger partial charge in [-0.05, 0) is 63.1 Å². The first kappa shape index (κ1) is 31.2. The molecule has 5 N–H and O–H groups in total. The molecule has 1 aromatic heterocycles. The van der Waals surface area contributed by atoms with Gasteiger partial charge < -0.3 is 26.0 Å². The molecule has 0 bridgehead atoms. The lowest BCUT2D eigenvalue weighted by Crippen LogP contribution is -2.49. The number of aliphatic hydroxyl groups is 1. The Balaban J connectivity index is 2.08. The maximum atomic E-state index is 12.7. The molecule has 8 nitrogen and oxygen atoms in total. The number of aromatic amines is 1. The number of anilines is 1. The summed E-state index contributed by atoms with van der Waals surface area (Å²) in [6.45, 7) is 19.8. The molecule has 0 aliphatic carbocycles. The predicted molar refractivity (Wildman–Crippen MR) is 160 cm³/mol. The number of nitrogen functional groups attached to an aromatic ring is 1. The van der Waals surface area contributed by atoms with Crippen molar-refractivity contribution in [3.63, 3.8) is 0 Å². The quantitative estimate of drug-likeness (QED) is 0.185. The van der Waals surface area contributed by atoms with Crippen LogP contribution in [-0.2, 0) is 6.42 Å². The number of hydrogen-bond donors (Lipinski definition) is 4. The summed E-state index contributed by atoms with van der Waals surface area (Å²) < 4.78 is 0. The van der Waals surface area contributed by atoms with Crippen LogP contribution in [0.1, 0.15) is 84.0 Å². The largest absolute Gasteiger partial charge is 0.512 e. The third-order valence-electron chi connectivity index (χ3n) is 7.66. The van der Waals surface area contributed by atoms with Gasteiger partial charge in [-0.2, -0.15) is 0 Å². The van der Waals surface area contributed by atoms with E-state index in [1.807, 2.05) is 13.0 Å². The van der Waals surface area contributed by atoms with Gasteiger partial charge in [0.1, 0.15) is 17.2 Å². The smallest absolute Gasteiger partial charge is 0.270 e. The lowest BCUT2D eigenvalue weighted by atomic mass is 9.96. The van der Waals surface area contributed by atoms with Crippen molar-refractivity contribution in [2.45, 2.75) is 91.1 Å². The molecule has 1 saturated heterocycles. The highest BCUT2D eigenvalue weighted by atomic mass is 16.3. The number of aromatic nitrogens is 2. The highest BCUT2D eigenvalue weighted by Gasteiger charge is 2.29. The lowest BCUT2D eigenvalue weighted by molar-refractivity contribution is 0.0771. The average Bonchev–Trinajstić information content (AvgIpc) is 2.93. The Morgan fingerprint density at radius 3 is 2.47 bits per heavy atom. The Morgan fingerprint density at radius 1 is 1.24 bits per heavy atom. The van der Waals surface area contributed by atoms with Crippen LogP contribution in [-0.4, -0.2) is 63.6 Å². The molecule has 1 aliphatic heterocycles. The van der Waals surface area contributed by atoms with E-state index in [1.54, 1.807) is 13.1 Å². The minimum Gasteiger partial charge on any atom is -0.512 e. The monoisotopic (exact) mass is 526 g/mol. The van der Waals surface area contributed by atoms with Crippen molar-refractivity contribution in [2.75, 3.05) is 32.4 Å². The molecule has 0 amide bonds. The van der Waals surface area contributed by atoms with Gasteiger partial charge in [0.15, 0.2) is 0 Å². The van der Waals surface area contributed by atoms with Crippen molar-refractivity contribution in [1.29, 1.82) is 0 Å². The summed E-state index contributed by atoms with van der Waals surface area (Å²) in [6, 6.07) is 0.872. The Bertz CT molecular complexity index is 1050. The van der Waals surface area contributed by atoms with Gasteiger partial charge in [0, 0.05) is 44.3 Å². The van der Waals surface area contributed by atoms with Crippen LogP contribution in [0.2, 0.25) is 0 Å². The number of rotatable bonds is 15. The fourth-order valence-electron chi connectivity index (χ4n) is 5.26. The fourth-order valence-corrected chi connectivity index (χ4v) is 5.26. The summed E-state index contributed by atoms with van der Waals surface area (Å²) in [5, 5.41) is 12.7. The number of allylic oxidation sites excluding steroid dienone is 4. The van der Waals surface area contributed by atoms with Crippen molar-refractivity contribution < 1.29 is 5.11 Å². The highest BCUT2D eigenvalue weighted by molar-refractivity contribution is 5.66. The van der Waals surface area contributed by atoms with Crippen LogP contribution >= 0.6 is 0 Å². The SMILES string of the molecule is C=C(NC)c1[nH]c(=O)c(CCC(CC)N(CCC)C2CCN(C(=C)/C(=C/C=C(/O)CC)CC)CC2)nc1N. The molecule has 1 fully saturated rings. The van der Waals surface area contributed by atoms with Crippen molar-refractivity contribution in [3.05, 3.63) is 64.1 Å². The minimum atomic E-state index is -0.198. The molecule has 0 spiro atoms. The van der Waals surface area contributed by atoms with Gasteiger partial charge in [-0.3, -0.25) is 9.69 Å². The zero-order valence-corrected chi connectivity index (χ0v) is 24.3. The number of nitrogens with one attached hydrogen (secondary N) is 2. The summed E-state index contributed by atoms with van der Waals surface area (Å²) in [5.74, 6) is 0.688. The number of aliphatic hydroxyl groups excluding tert-OH is 1. The number of hydrogen-bond acceptors (Lipinski definition) is 7. The normalized spacial score (nSPS) is 16.1. The van der Waals surface area contributed by atoms with Gasteiger partial charge in [-0.25, -0.2) is 4.98 Å². The van der Waals surface area contributed by atoms with Crippen LogP contribution in [0.15, 0.2) is 47.1 Å². The number of nitrogens with two attached hydrogens (primary N) is 1. The first-order valence-corrected chi connectivity index (χ1v) is 14.2. The summed E-state index contributed by atoms with van der Waals surface area (Å²) in [6.07, 6.45) is 11.0. The first-order valence-electron chi connectivity index (χ1n) is 14.2. The van der Waals surface area contributed by atoms with E-state index in [-0.39, 0.29) is 5.56 Å². The first-order chi connectivity index (χ1) is 18.2. The Morgan fingerprint density at radius 2 is 1.92 bits per heavy atom. The molecule has 1 atom stereocenters. The van der Waals surface area contributed by atoms with E-state index in [0.717, 1.165) is 63.9 Å². The van der Waals surface area contributed by atoms with E-state index in [4.69, 9.17) is 5.73 Å². The number of H-pyrrole nitrogens is 1. The van der Waals surface area contributed by atoms with Crippen LogP contribution in [0, 0.1) is 0 Å². The molecule has 0 radical (unpaired) electrons. The van der Waals surface area contributed by atoms with Crippen LogP contribution < -0.4 is 16.6 Å². The molecule has 0 saturated carbocycles. The van der Waals surface area contributed by atoms with Gasteiger partial charge in [0.05, 0.1) is 11.5 Å². The van der Waals surface area contributed by atoms with Crippen molar-refractivity contribution in [1.82, 2.24) is 25.1 Å². The molecule has 0 aromatic carbocycles. The average molecular weight is 527 g/mol. The van der Waals surface area contributed by atoms with Crippen molar-refractivity contribution in [2.24, 2.45) is 0 Å². The minimum absolute atomic E-state index is 0.198. The molecular formula is C30H50N6O2. The summed E-state index contributed by atoms with van der Waals surface area (Å²) in [7, 11) is 1.73. The van der Waals surface area contributed by atoms with Crippen molar-refractivity contribution >= 4 is 11.5 Å². The van der Waals surface area contributed by atoms with E-state index in [9.17, 15) is 9.90 Å². The van der Waals surface area contributed by atoms with Gasteiger partial charge in [0.2, 0.25) is 0 Å². The van der Waals surface area contributed by atoms with E-state index in [1.165, 1.54) is 5.57 Å². The van der Waals surface area contributed by atoms with Crippen molar-refractivity contribution in [3.8, 4) is 0 Å². The Hall–Kier alpha value is -3.00. The van der Waals surface area contributed by atoms with E-state index in [0.29, 0.717) is 53.6 Å². The lowest BCUT2D eigenvalue weighted by Gasteiger charge is -2.43. The molecule has 212 valence electrons. The molecule has 1 aromatic rings. The van der Waals surface area contributed by atoms with Gasteiger partial charge in [0.25, 0.3) is 5.56 Å². The van der Waals surface area contributed by atoms with Crippen LogP contribution in [0.5, 0.6) is 0 Å². The molecule has 2 heterocycles. The molecule has 8 heteroatoms. The van der Waals surface area contributed by atoms with E-state index >= 15 is 0 Å². The maximum absolute atomic E-state index is 12.7. The third kappa shape index (κ3) is 8.25.